The molecule has 1 heterocycles. The van der Waals surface area contributed by atoms with Crippen molar-refractivity contribution in [2.24, 2.45) is 0 Å². The molecule has 94 valence electrons. The summed E-state index contributed by atoms with van der Waals surface area (Å²) in [5, 5.41) is 0.740. The van der Waals surface area contributed by atoms with Crippen LogP contribution in [0.4, 0.5) is 5.95 Å². The largest absolute Gasteiger partial charge is 0.340 e. The fourth-order valence-corrected chi connectivity index (χ4v) is 1.81. The monoisotopic (exact) mass is 281 g/mol. The van der Waals surface area contributed by atoms with Crippen LogP contribution in [0.2, 0.25) is 5.02 Å². The topological polar surface area (TPSA) is 29.0 Å². The van der Waals surface area contributed by atoms with Crippen LogP contribution in [0.15, 0.2) is 36.7 Å². The molecule has 0 amide bonds. The number of nitrogens with zero attached hydrogens (tertiary/aromatic N) is 3. The van der Waals surface area contributed by atoms with Gasteiger partial charge in [-0.25, -0.2) is 9.97 Å². The van der Waals surface area contributed by atoms with Gasteiger partial charge in [-0.2, -0.15) is 0 Å². The summed E-state index contributed by atoms with van der Waals surface area (Å²) in [4.78, 5) is 10.5. The van der Waals surface area contributed by atoms with Gasteiger partial charge in [0, 0.05) is 36.6 Å². The van der Waals surface area contributed by atoms with Gasteiger partial charge < -0.3 is 4.90 Å². The third-order valence-electron chi connectivity index (χ3n) is 2.52. The SMILES string of the molecule is CN(Cc1ccc(Cl)cc1)c1ncc(CCl)cn1. The van der Waals surface area contributed by atoms with Gasteiger partial charge in [-0.05, 0) is 17.7 Å². The van der Waals surface area contributed by atoms with E-state index in [1.165, 1.54) is 0 Å². The van der Waals surface area contributed by atoms with Crippen molar-refractivity contribution in [3.8, 4) is 0 Å². The molecule has 0 saturated carbocycles. The van der Waals surface area contributed by atoms with Crippen molar-refractivity contribution in [2.75, 3.05) is 11.9 Å². The molecule has 2 rings (SSSR count). The molecule has 18 heavy (non-hydrogen) atoms. The average Bonchev–Trinajstić information content (AvgIpc) is 2.41. The minimum atomic E-state index is 0.432. The predicted molar refractivity (Wildman–Crippen MR) is 75.1 cm³/mol. The molecule has 0 unspecified atom stereocenters. The number of alkyl halides is 1. The summed E-state index contributed by atoms with van der Waals surface area (Å²) in [7, 11) is 1.95. The van der Waals surface area contributed by atoms with Crippen molar-refractivity contribution in [2.45, 2.75) is 12.4 Å². The Balaban J connectivity index is 2.06. The number of hydrogen-bond acceptors (Lipinski definition) is 3. The highest BCUT2D eigenvalue weighted by molar-refractivity contribution is 6.30. The van der Waals surface area contributed by atoms with E-state index in [1.807, 2.05) is 36.2 Å². The first-order valence-electron chi connectivity index (χ1n) is 5.51. The molecule has 0 saturated heterocycles. The number of halogens is 2. The van der Waals surface area contributed by atoms with Crippen molar-refractivity contribution in [3.63, 3.8) is 0 Å². The smallest absolute Gasteiger partial charge is 0.225 e. The Labute approximate surface area is 116 Å². The summed E-state index contributed by atoms with van der Waals surface area (Å²) in [6.07, 6.45) is 3.49. The lowest BCUT2D eigenvalue weighted by molar-refractivity contribution is 0.863. The summed E-state index contributed by atoms with van der Waals surface area (Å²) < 4.78 is 0. The zero-order chi connectivity index (χ0) is 13.0. The molecule has 3 nitrogen and oxygen atoms in total. The van der Waals surface area contributed by atoms with Gasteiger partial charge in [-0.1, -0.05) is 23.7 Å². The molecule has 1 aromatic carbocycles. The molecule has 0 aliphatic carbocycles. The van der Waals surface area contributed by atoms with Gasteiger partial charge >= 0.3 is 0 Å². The highest BCUT2D eigenvalue weighted by Gasteiger charge is 2.05. The summed E-state index contributed by atoms with van der Waals surface area (Å²) in [5.74, 6) is 1.11. The molecule has 0 radical (unpaired) electrons. The Morgan fingerprint density at radius 1 is 1.06 bits per heavy atom. The molecule has 0 N–H and O–H groups in total. The maximum Gasteiger partial charge on any atom is 0.225 e. The van der Waals surface area contributed by atoms with Crippen LogP contribution in [0.5, 0.6) is 0 Å². The van der Waals surface area contributed by atoms with Crippen LogP contribution in [-0.2, 0) is 12.4 Å². The minimum absolute atomic E-state index is 0.432. The zero-order valence-electron chi connectivity index (χ0n) is 9.98. The Morgan fingerprint density at radius 2 is 1.67 bits per heavy atom. The molecule has 5 heteroatoms. The van der Waals surface area contributed by atoms with E-state index in [-0.39, 0.29) is 0 Å². The van der Waals surface area contributed by atoms with Crippen molar-refractivity contribution in [1.29, 1.82) is 0 Å². The normalized spacial score (nSPS) is 10.4. The van der Waals surface area contributed by atoms with Crippen LogP contribution in [-0.4, -0.2) is 17.0 Å². The Morgan fingerprint density at radius 3 is 2.22 bits per heavy atom. The van der Waals surface area contributed by atoms with E-state index in [0.29, 0.717) is 11.8 Å². The van der Waals surface area contributed by atoms with E-state index in [0.717, 1.165) is 22.7 Å². The summed E-state index contributed by atoms with van der Waals surface area (Å²) >= 11 is 11.5. The van der Waals surface area contributed by atoms with Crippen molar-refractivity contribution in [3.05, 3.63) is 52.8 Å². The van der Waals surface area contributed by atoms with Gasteiger partial charge in [0.2, 0.25) is 5.95 Å². The van der Waals surface area contributed by atoms with Gasteiger partial charge in [0.1, 0.15) is 0 Å². The van der Waals surface area contributed by atoms with E-state index in [9.17, 15) is 0 Å². The van der Waals surface area contributed by atoms with Crippen LogP contribution in [0.3, 0.4) is 0 Å². The molecule has 0 fully saturated rings. The summed E-state index contributed by atoms with van der Waals surface area (Å²) in [6.45, 7) is 0.734. The molecule has 0 aliphatic heterocycles. The fourth-order valence-electron chi connectivity index (χ4n) is 1.55. The van der Waals surface area contributed by atoms with E-state index in [4.69, 9.17) is 23.2 Å². The third kappa shape index (κ3) is 3.34. The predicted octanol–water partition coefficient (Wildman–Crippen LogP) is 3.51. The number of aromatic nitrogens is 2. The second kappa shape index (κ2) is 6.03. The summed E-state index contributed by atoms with van der Waals surface area (Å²) in [5.41, 5.74) is 2.08. The van der Waals surface area contributed by atoms with Gasteiger partial charge in [0.15, 0.2) is 0 Å². The molecule has 1 aromatic heterocycles. The quantitative estimate of drug-likeness (QED) is 0.804. The highest BCUT2D eigenvalue weighted by atomic mass is 35.5. The maximum absolute atomic E-state index is 5.85. The van der Waals surface area contributed by atoms with Gasteiger partial charge in [0.05, 0.1) is 5.88 Å². The molecule has 0 spiro atoms. The molecular formula is C13H13Cl2N3. The van der Waals surface area contributed by atoms with Crippen LogP contribution in [0.25, 0.3) is 0 Å². The number of benzene rings is 1. The van der Waals surface area contributed by atoms with E-state index < -0.39 is 0 Å². The van der Waals surface area contributed by atoms with E-state index >= 15 is 0 Å². The fraction of sp³-hybridized carbons (Fsp3) is 0.231. The lowest BCUT2D eigenvalue weighted by Crippen LogP contribution is -2.19. The van der Waals surface area contributed by atoms with Crippen molar-refractivity contribution >= 4 is 29.2 Å². The minimum Gasteiger partial charge on any atom is -0.340 e. The maximum atomic E-state index is 5.85. The first kappa shape index (κ1) is 13.1. The molecular weight excluding hydrogens is 269 g/mol. The van der Waals surface area contributed by atoms with Crippen molar-refractivity contribution < 1.29 is 0 Å². The zero-order valence-corrected chi connectivity index (χ0v) is 11.5. The first-order valence-corrected chi connectivity index (χ1v) is 6.43. The number of anilines is 1. The van der Waals surface area contributed by atoms with Gasteiger partial charge in [-0.3, -0.25) is 0 Å². The second-order valence-electron chi connectivity index (χ2n) is 4.01. The molecule has 0 bridgehead atoms. The number of hydrogen-bond donors (Lipinski definition) is 0. The highest BCUT2D eigenvalue weighted by Crippen LogP contribution is 2.13. The molecule has 0 atom stereocenters. The standard InChI is InChI=1S/C13H13Cl2N3/c1-18(9-10-2-4-12(15)5-3-10)13-16-7-11(6-14)8-17-13/h2-5,7-8H,6,9H2,1H3. The van der Waals surface area contributed by atoms with E-state index in [2.05, 4.69) is 9.97 Å². The van der Waals surface area contributed by atoms with E-state index in [1.54, 1.807) is 12.4 Å². The Bertz CT molecular complexity index is 497. The first-order chi connectivity index (χ1) is 8.69. The molecule has 0 aliphatic rings. The van der Waals surface area contributed by atoms with Crippen LogP contribution in [0.1, 0.15) is 11.1 Å². The second-order valence-corrected chi connectivity index (χ2v) is 4.71. The Hall–Kier alpha value is -1.32. The van der Waals surface area contributed by atoms with Crippen LogP contribution >= 0.6 is 23.2 Å². The third-order valence-corrected chi connectivity index (χ3v) is 3.08. The lowest BCUT2D eigenvalue weighted by atomic mass is 10.2. The van der Waals surface area contributed by atoms with Crippen LogP contribution < -0.4 is 4.90 Å². The average molecular weight is 282 g/mol. The van der Waals surface area contributed by atoms with Gasteiger partial charge in [-0.15, -0.1) is 11.6 Å². The molecule has 2 aromatic rings. The van der Waals surface area contributed by atoms with Gasteiger partial charge in [0.25, 0.3) is 0 Å². The summed E-state index contributed by atoms with van der Waals surface area (Å²) in [6, 6.07) is 7.74. The lowest BCUT2D eigenvalue weighted by Gasteiger charge is -2.17. The number of rotatable bonds is 4. The van der Waals surface area contributed by atoms with Crippen LogP contribution in [0, 0.1) is 0 Å². The Kier molecular flexibility index (Phi) is 4.39. The van der Waals surface area contributed by atoms with Crippen molar-refractivity contribution in [1.82, 2.24) is 9.97 Å².